The number of aryl methyl sites for hydroxylation is 3. The van der Waals surface area contributed by atoms with Crippen molar-refractivity contribution in [2.45, 2.75) is 52.4 Å². The highest BCUT2D eigenvalue weighted by Crippen LogP contribution is 2.28. The fourth-order valence-electron chi connectivity index (χ4n) is 4.92. The lowest BCUT2D eigenvalue weighted by Gasteiger charge is -2.30. The first-order chi connectivity index (χ1) is 18.5. The summed E-state index contributed by atoms with van der Waals surface area (Å²) in [6, 6.07) is 26.1. The highest BCUT2D eigenvalue weighted by atomic mass is 35.5. The third kappa shape index (κ3) is 5.85. The van der Waals surface area contributed by atoms with Gasteiger partial charge in [-0.3, -0.25) is 9.69 Å². The molecule has 0 radical (unpaired) electrons. The molecule has 1 N–H and O–H groups in total. The molecule has 0 fully saturated rings. The molecule has 194 valence electrons. The molecule has 0 unspecified atom stereocenters. The van der Waals surface area contributed by atoms with Gasteiger partial charge in [0.1, 0.15) is 0 Å². The average Bonchev–Trinajstić information content (AvgIpc) is 3.38. The number of nitrogens with one attached hydrogen (secondary N) is 1. The minimum atomic E-state index is -0.121. The van der Waals surface area contributed by atoms with E-state index in [1.807, 2.05) is 65.3 Å². The van der Waals surface area contributed by atoms with Crippen molar-refractivity contribution in [3.63, 3.8) is 0 Å². The van der Waals surface area contributed by atoms with E-state index in [4.69, 9.17) is 11.6 Å². The van der Waals surface area contributed by atoms with Crippen LogP contribution in [0.1, 0.15) is 47.5 Å². The second-order valence-electron chi connectivity index (χ2n) is 9.63. The first-order valence-electron chi connectivity index (χ1n) is 12.9. The fourth-order valence-corrected chi connectivity index (χ4v) is 5.12. The highest BCUT2D eigenvalue weighted by Gasteiger charge is 2.26. The molecule has 0 spiro atoms. The molecule has 38 heavy (non-hydrogen) atoms. The molecule has 2 aromatic heterocycles. The Morgan fingerprint density at radius 1 is 0.974 bits per heavy atom. The zero-order valence-corrected chi connectivity index (χ0v) is 22.4. The van der Waals surface area contributed by atoms with Crippen LogP contribution in [0.2, 0.25) is 5.02 Å². The quantitative estimate of drug-likeness (QED) is 0.246. The molecule has 3 aromatic carbocycles. The number of H-pyrrole nitrogens is 1. The van der Waals surface area contributed by atoms with E-state index in [2.05, 4.69) is 57.5 Å². The lowest BCUT2D eigenvalue weighted by atomic mass is 10.1. The number of pyridine rings is 1. The third-order valence-electron chi connectivity index (χ3n) is 6.92. The van der Waals surface area contributed by atoms with E-state index in [1.165, 1.54) is 5.56 Å². The molecule has 0 aliphatic rings. The third-order valence-corrected chi connectivity index (χ3v) is 7.29. The zero-order chi connectivity index (χ0) is 26.5. The molecule has 0 aliphatic heterocycles. The molecule has 8 heteroatoms. The molecular formula is C30H31ClN6O. The van der Waals surface area contributed by atoms with Crippen LogP contribution in [-0.2, 0) is 26.1 Å². The summed E-state index contributed by atoms with van der Waals surface area (Å²) >= 11 is 6.58. The summed E-state index contributed by atoms with van der Waals surface area (Å²) in [5.41, 5.74) is 4.80. The number of aromatic nitrogens is 5. The van der Waals surface area contributed by atoms with Gasteiger partial charge in [-0.25, -0.2) is 4.68 Å². The van der Waals surface area contributed by atoms with Gasteiger partial charge in [0, 0.05) is 35.7 Å². The standard InChI is InChI=1S/C30H31ClN6O/c1-3-28(29-33-34-35-37(29)16-15-22-9-5-4-6-10-22)36(19-23-11-7-8-12-26(23)31)20-25-18-24-17-21(2)13-14-27(24)32-30(25)38/h4-14,17-18,28H,3,15-16,19-20H2,1-2H3,(H,32,38)/t28-/m0/s1. The SMILES string of the molecule is CC[C@@H](c1nnnn1CCc1ccccc1)N(Cc1ccccc1Cl)Cc1cc2cc(C)ccc2[nH]c1=O. The predicted octanol–water partition coefficient (Wildman–Crippen LogP) is 5.87. The second kappa shape index (κ2) is 11.7. The normalized spacial score (nSPS) is 12.3. The Labute approximate surface area is 227 Å². The van der Waals surface area contributed by atoms with Gasteiger partial charge in [-0.2, -0.15) is 0 Å². The lowest BCUT2D eigenvalue weighted by molar-refractivity contribution is 0.160. The van der Waals surface area contributed by atoms with Crippen LogP contribution < -0.4 is 5.56 Å². The minimum absolute atomic E-state index is 0.0935. The van der Waals surface area contributed by atoms with Crippen molar-refractivity contribution in [3.8, 4) is 0 Å². The molecule has 5 aromatic rings. The van der Waals surface area contributed by atoms with Crippen molar-refractivity contribution in [3.05, 3.63) is 122 Å². The van der Waals surface area contributed by atoms with Crippen molar-refractivity contribution in [2.24, 2.45) is 0 Å². The van der Waals surface area contributed by atoms with Gasteiger partial charge >= 0.3 is 0 Å². The summed E-state index contributed by atoms with van der Waals surface area (Å²) in [5.74, 6) is 0.781. The lowest BCUT2D eigenvalue weighted by Crippen LogP contribution is -2.32. The summed E-state index contributed by atoms with van der Waals surface area (Å²) in [6.07, 6.45) is 1.59. The zero-order valence-electron chi connectivity index (χ0n) is 21.6. The number of fused-ring (bicyclic) bond motifs is 1. The van der Waals surface area contributed by atoms with Gasteiger partial charge in [0.25, 0.3) is 5.56 Å². The van der Waals surface area contributed by atoms with Gasteiger partial charge < -0.3 is 4.98 Å². The molecule has 0 aliphatic carbocycles. The molecule has 5 rings (SSSR count). The van der Waals surface area contributed by atoms with Gasteiger partial charge in [-0.1, -0.05) is 78.7 Å². The highest BCUT2D eigenvalue weighted by molar-refractivity contribution is 6.31. The number of hydrogen-bond acceptors (Lipinski definition) is 5. The predicted molar refractivity (Wildman–Crippen MR) is 151 cm³/mol. The minimum Gasteiger partial charge on any atom is -0.322 e. The largest absolute Gasteiger partial charge is 0.322 e. The molecule has 1 atom stereocenters. The summed E-state index contributed by atoms with van der Waals surface area (Å²) in [7, 11) is 0. The van der Waals surface area contributed by atoms with Gasteiger partial charge in [-0.05, 0) is 71.0 Å². The fraction of sp³-hybridized carbons (Fsp3) is 0.267. The average molecular weight is 527 g/mol. The molecule has 2 heterocycles. The van der Waals surface area contributed by atoms with Gasteiger partial charge in [-0.15, -0.1) is 5.10 Å². The smallest absolute Gasteiger partial charge is 0.252 e. The number of halogens is 1. The van der Waals surface area contributed by atoms with E-state index in [9.17, 15) is 4.79 Å². The number of tetrazole rings is 1. The molecule has 7 nitrogen and oxygen atoms in total. The maximum atomic E-state index is 13.1. The summed E-state index contributed by atoms with van der Waals surface area (Å²) in [6.45, 7) is 5.81. The second-order valence-corrected chi connectivity index (χ2v) is 10.0. The first kappa shape index (κ1) is 25.8. The Kier molecular flexibility index (Phi) is 7.96. The van der Waals surface area contributed by atoms with Crippen LogP contribution in [0.15, 0.2) is 83.7 Å². The molecule has 0 saturated heterocycles. The van der Waals surface area contributed by atoms with E-state index >= 15 is 0 Å². The number of hydrogen-bond donors (Lipinski definition) is 1. The van der Waals surface area contributed by atoms with Crippen molar-refractivity contribution in [1.82, 2.24) is 30.1 Å². The van der Waals surface area contributed by atoms with E-state index in [1.54, 1.807) is 0 Å². The van der Waals surface area contributed by atoms with Crippen LogP contribution in [0.4, 0.5) is 0 Å². The molecule has 0 bridgehead atoms. The number of rotatable bonds is 10. The maximum Gasteiger partial charge on any atom is 0.252 e. The van der Waals surface area contributed by atoms with Crippen LogP contribution >= 0.6 is 11.6 Å². The van der Waals surface area contributed by atoms with E-state index < -0.39 is 0 Å². The van der Waals surface area contributed by atoms with Crippen molar-refractivity contribution in [1.29, 1.82) is 0 Å². The van der Waals surface area contributed by atoms with E-state index in [0.29, 0.717) is 30.2 Å². The summed E-state index contributed by atoms with van der Waals surface area (Å²) < 4.78 is 1.88. The van der Waals surface area contributed by atoms with Crippen LogP contribution in [0.5, 0.6) is 0 Å². The Balaban J connectivity index is 1.49. The summed E-state index contributed by atoms with van der Waals surface area (Å²) in [4.78, 5) is 18.4. The monoisotopic (exact) mass is 526 g/mol. The Bertz CT molecular complexity index is 1580. The number of nitrogens with zero attached hydrogens (tertiary/aromatic N) is 5. The van der Waals surface area contributed by atoms with Crippen molar-refractivity contribution < 1.29 is 0 Å². The van der Waals surface area contributed by atoms with Gasteiger partial charge in [0.2, 0.25) is 0 Å². The van der Waals surface area contributed by atoms with E-state index in [0.717, 1.165) is 40.7 Å². The topological polar surface area (TPSA) is 79.7 Å². The first-order valence-corrected chi connectivity index (χ1v) is 13.3. The number of aromatic amines is 1. The number of benzene rings is 3. The van der Waals surface area contributed by atoms with Gasteiger partial charge in [0.05, 0.1) is 6.04 Å². The van der Waals surface area contributed by atoms with E-state index in [-0.39, 0.29) is 11.6 Å². The Morgan fingerprint density at radius 2 is 1.74 bits per heavy atom. The van der Waals surface area contributed by atoms with Crippen molar-refractivity contribution in [2.75, 3.05) is 0 Å². The Hall–Kier alpha value is -3.81. The summed E-state index contributed by atoms with van der Waals surface area (Å²) in [5, 5.41) is 14.5. The Morgan fingerprint density at radius 3 is 2.53 bits per heavy atom. The van der Waals surface area contributed by atoms with Crippen molar-refractivity contribution >= 4 is 22.5 Å². The van der Waals surface area contributed by atoms with Crippen LogP contribution in [0.3, 0.4) is 0 Å². The van der Waals surface area contributed by atoms with Gasteiger partial charge in [0.15, 0.2) is 5.82 Å². The molecule has 0 amide bonds. The molecule has 0 saturated carbocycles. The van der Waals surface area contributed by atoms with Crippen LogP contribution in [-0.4, -0.2) is 30.1 Å². The van der Waals surface area contributed by atoms with Crippen LogP contribution in [0, 0.1) is 6.92 Å². The maximum absolute atomic E-state index is 13.1. The molecular weight excluding hydrogens is 496 g/mol. The van der Waals surface area contributed by atoms with Crippen LogP contribution in [0.25, 0.3) is 10.9 Å².